The summed E-state index contributed by atoms with van der Waals surface area (Å²) in [4.78, 5) is 10.4. The Kier molecular flexibility index (Phi) is 18.0. The molecule has 0 rings (SSSR count). The van der Waals surface area contributed by atoms with E-state index >= 15 is 0 Å². The van der Waals surface area contributed by atoms with E-state index < -0.39 is 5.97 Å². The molecule has 0 aromatic rings. The molecular weight excluding hydrogens is 346 g/mol. The maximum atomic E-state index is 10.4. The molecule has 1 N–H and O–H groups in total. The summed E-state index contributed by atoms with van der Waals surface area (Å²) in [7, 11) is 0.520. The van der Waals surface area contributed by atoms with Gasteiger partial charge in [-0.05, 0) is 51.3 Å². The Labute approximate surface area is 160 Å². The van der Waals surface area contributed by atoms with E-state index in [0.717, 1.165) is 18.5 Å². The zero-order valence-electron chi connectivity index (χ0n) is 17.4. The Morgan fingerprint density at radius 1 is 0.720 bits per heavy atom. The maximum absolute atomic E-state index is 10.4. The second kappa shape index (κ2) is 17.7. The first-order valence-electron chi connectivity index (χ1n) is 10.5. The zero-order valence-corrected chi connectivity index (χ0v) is 19.2. The minimum Gasteiger partial charge on any atom is -0.481 e. The van der Waals surface area contributed by atoms with Crippen LogP contribution < -0.4 is 0 Å². The van der Waals surface area contributed by atoms with Crippen molar-refractivity contribution in [1.29, 1.82) is 0 Å². The summed E-state index contributed by atoms with van der Waals surface area (Å²) in [5, 5.41) is 8.58. The normalized spacial score (nSPS) is 12.9. The lowest BCUT2D eigenvalue weighted by atomic mass is 10.0. The zero-order chi connectivity index (χ0) is 18.9. The van der Waals surface area contributed by atoms with Crippen molar-refractivity contribution in [2.45, 2.75) is 95.6 Å². The number of carboxylic acid groups (broad SMARTS) is 1. The number of unbranched alkanes of at least 4 members (excludes halogenated alkanes) is 11. The lowest BCUT2D eigenvalue weighted by Gasteiger charge is -2.23. The smallest absolute Gasteiger partial charge is 0.303 e. The molecule has 0 aromatic carbocycles. The second-order valence-corrected chi connectivity index (χ2v) is 13.2. The van der Waals surface area contributed by atoms with Gasteiger partial charge in [0.05, 0.1) is 0 Å². The summed E-state index contributed by atoms with van der Waals surface area (Å²) in [6, 6.07) is 0. The van der Waals surface area contributed by atoms with Crippen LogP contribution in [0.25, 0.3) is 0 Å². The van der Waals surface area contributed by atoms with Crippen molar-refractivity contribution in [3.8, 4) is 0 Å². The van der Waals surface area contributed by atoms with Crippen molar-refractivity contribution >= 4 is 21.8 Å². The topological polar surface area (TPSA) is 37.3 Å². The molecule has 0 bridgehead atoms. The fraction of sp³-hybridized carbons (Fsp3) is 0.952. The number of carboxylic acids is 1. The van der Waals surface area contributed by atoms with Gasteiger partial charge in [-0.25, -0.2) is 0 Å². The number of hydrogen-bond donors (Lipinski definition) is 1. The van der Waals surface area contributed by atoms with Crippen LogP contribution in [0.2, 0.25) is 0 Å². The van der Waals surface area contributed by atoms with Gasteiger partial charge in [0.1, 0.15) is 0 Å². The van der Waals surface area contributed by atoms with Crippen molar-refractivity contribution in [2.75, 3.05) is 32.8 Å². The molecule has 0 aliphatic heterocycles. The van der Waals surface area contributed by atoms with E-state index in [0.29, 0.717) is 6.42 Å². The largest absolute Gasteiger partial charge is 0.481 e. The van der Waals surface area contributed by atoms with Crippen LogP contribution in [0.15, 0.2) is 0 Å². The second-order valence-electron chi connectivity index (χ2n) is 8.05. The fourth-order valence-corrected chi connectivity index (χ4v) is 7.37. The van der Waals surface area contributed by atoms with E-state index in [4.69, 9.17) is 5.11 Å². The average molecular weight is 391 g/mol. The Morgan fingerprint density at radius 3 is 1.48 bits per heavy atom. The maximum Gasteiger partial charge on any atom is 0.303 e. The van der Waals surface area contributed by atoms with Crippen molar-refractivity contribution < 1.29 is 9.90 Å². The van der Waals surface area contributed by atoms with Gasteiger partial charge in [-0.2, -0.15) is 0 Å². The summed E-state index contributed by atoms with van der Waals surface area (Å²) in [5.74, 6) is -0.651. The Bertz CT molecular complexity index is 306. The number of rotatable bonds is 18. The van der Waals surface area contributed by atoms with Gasteiger partial charge in [0.15, 0.2) is 0 Å². The Hall–Kier alpha value is 0.330. The quantitative estimate of drug-likeness (QED) is 0.196. The molecule has 0 radical (unpaired) electrons. The van der Waals surface area contributed by atoms with E-state index in [9.17, 15) is 4.79 Å². The predicted octanol–water partition coefficient (Wildman–Crippen LogP) is 7.38. The van der Waals surface area contributed by atoms with E-state index in [-0.39, 0.29) is 15.8 Å². The first kappa shape index (κ1) is 25.3. The molecule has 1 unspecified atom stereocenters. The monoisotopic (exact) mass is 390 g/mol. The molecule has 0 spiro atoms. The molecule has 0 amide bonds. The SMILES string of the molecule is CP(C)CC(CCCCCCCCCCCCCCC(=O)O)P(C)C. The highest BCUT2D eigenvalue weighted by atomic mass is 31.1. The predicted molar refractivity (Wildman–Crippen MR) is 118 cm³/mol. The van der Waals surface area contributed by atoms with Gasteiger partial charge in [0.2, 0.25) is 0 Å². The van der Waals surface area contributed by atoms with Crippen LogP contribution in [-0.2, 0) is 4.79 Å². The molecule has 0 saturated heterocycles. The minimum atomic E-state index is -0.651. The van der Waals surface area contributed by atoms with Gasteiger partial charge in [-0.1, -0.05) is 70.6 Å². The molecule has 0 heterocycles. The highest BCUT2D eigenvalue weighted by Crippen LogP contribution is 2.42. The third kappa shape index (κ3) is 18.9. The minimum absolute atomic E-state index is 0.247. The van der Waals surface area contributed by atoms with Gasteiger partial charge >= 0.3 is 5.97 Å². The number of aliphatic carboxylic acids is 1. The van der Waals surface area contributed by atoms with Crippen LogP contribution in [0.1, 0.15) is 89.9 Å². The molecule has 25 heavy (non-hydrogen) atoms. The molecule has 2 nitrogen and oxygen atoms in total. The fourth-order valence-electron chi connectivity index (χ4n) is 3.36. The van der Waals surface area contributed by atoms with Crippen molar-refractivity contribution in [3.05, 3.63) is 0 Å². The van der Waals surface area contributed by atoms with Gasteiger partial charge < -0.3 is 5.11 Å². The van der Waals surface area contributed by atoms with E-state index in [1.54, 1.807) is 0 Å². The first-order valence-corrected chi connectivity index (χ1v) is 15.2. The molecule has 150 valence electrons. The van der Waals surface area contributed by atoms with E-state index in [1.165, 1.54) is 76.8 Å². The average Bonchev–Trinajstić information content (AvgIpc) is 2.53. The summed E-state index contributed by atoms with van der Waals surface area (Å²) in [6.07, 6.45) is 19.0. The molecule has 0 aromatic heterocycles. The van der Waals surface area contributed by atoms with Crippen molar-refractivity contribution in [2.24, 2.45) is 0 Å². The van der Waals surface area contributed by atoms with Crippen molar-refractivity contribution in [1.82, 2.24) is 0 Å². The molecule has 0 aliphatic carbocycles. The van der Waals surface area contributed by atoms with Crippen LogP contribution in [0.5, 0.6) is 0 Å². The van der Waals surface area contributed by atoms with Crippen LogP contribution >= 0.6 is 15.8 Å². The number of hydrogen-bond acceptors (Lipinski definition) is 1. The van der Waals surface area contributed by atoms with Crippen LogP contribution in [0.4, 0.5) is 0 Å². The van der Waals surface area contributed by atoms with E-state index in [1.807, 2.05) is 0 Å². The van der Waals surface area contributed by atoms with Gasteiger partial charge in [-0.15, -0.1) is 15.8 Å². The number of carbonyl (C=O) groups is 1. The molecule has 1 atom stereocenters. The summed E-state index contributed by atoms with van der Waals surface area (Å²) < 4.78 is 0. The Balaban J connectivity index is 3.29. The van der Waals surface area contributed by atoms with E-state index in [2.05, 4.69) is 26.7 Å². The molecule has 0 aliphatic rings. The third-order valence-electron chi connectivity index (χ3n) is 4.98. The molecule has 4 heteroatoms. The highest BCUT2D eigenvalue weighted by molar-refractivity contribution is 7.60. The third-order valence-corrected chi connectivity index (χ3v) is 8.34. The van der Waals surface area contributed by atoms with Gasteiger partial charge in [0.25, 0.3) is 0 Å². The first-order chi connectivity index (χ1) is 11.9. The standard InChI is InChI=1S/C21H44O2P2/c1-24(2)19-20(25(3)4)17-15-13-11-9-7-5-6-8-10-12-14-16-18-21(22)23/h20H,5-19H2,1-4H3,(H,22,23). The summed E-state index contributed by atoms with van der Waals surface area (Å²) >= 11 is 0. The van der Waals surface area contributed by atoms with Gasteiger partial charge in [-0.3, -0.25) is 4.79 Å². The summed E-state index contributed by atoms with van der Waals surface area (Å²) in [6.45, 7) is 9.78. The lowest BCUT2D eigenvalue weighted by Crippen LogP contribution is -2.09. The van der Waals surface area contributed by atoms with Crippen molar-refractivity contribution in [3.63, 3.8) is 0 Å². The molecule has 0 fully saturated rings. The van der Waals surface area contributed by atoms with Gasteiger partial charge in [0, 0.05) is 6.42 Å². The molecular formula is C21H44O2P2. The van der Waals surface area contributed by atoms with Crippen LogP contribution in [0.3, 0.4) is 0 Å². The summed E-state index contributed by atoms with van der Waals surface area (Å²) in [5.41, 5.74) is 1.02. The molecule has 0 saturated carbocycles. The lowest BCUT2D eigenvalue weighted by molar-refractivity contribution is -0.137. The van der Waals surface area contributed by atoms with Crippen LogP contribution in [0, 0.1) is 0 Å². The van der Waals surface area contributed by atoms with Crippen LogP contribution in [-0.4, -0.2) is 49.6 Å². The Morgan fingerprint density at radius 2 is 1.12 bits per heavy atom. The highest BCUT2D eigenvalue weighted by Gasteiger charge is 2.13.